The SMILES string of the molecule is CC(=O)c1ccc(N2C(=O)[C@H]3[C@H](CC=C4[C@H]3C[C@H]3C(=O)N(Nc5ccc(C)cc5)C(=O)[C@@]3(c3ccccc3)[C@H]4c3ccc4ccccc4c3O)C2=O)cc1. The van der Waals surface area contributed by atoms with E-state index in [1.807, 2.05) is 104 Å². The third-order valence-electron chi connectivity index (χ3n) is 12.2. The molecule has 4 amide bonds. The summed E-state index contributed by atoms with van der Waals surface area (Å²) in [6, 6.07) is 34.3. The van der Waals surface area contributed by atoms with Gasteiger partial charge < -0.3 is 5.11 Å². The predicted octanol–water partition coefficient (Wildman–Crippen LogP) is 7.25. The van der Waals surface area contributed by atoms with Crippen molar-refractivity contribution in [3.05, 3.63) is 149 Å². The Labute approximate surface area is 311 Å². The molecular weight excluding hydrogens is 679 g/mol. The first-order valence-corrected chi connectivity index (χ1v) is 18.3. The molecule has 5 aromatic rings. The number of hydrogen-bond acceptors (Lipinski definition) is 7. The number of anilines is 2. The van der Waals surface area contributed by atoms with Crippen molar-refractivity contribution in [1.29, 1.82) is 0 Å². The number of benzene rings is 5. The summed E-state index contributed by atoms with van der Waals surface area (Å²) in [6.45, 7) is 3.41. The van der Waals surface area contributed by atoms with Gasteiger partial charge in [-0.25, -0.2) is 0 Å². The maximum absolute atomic E-state index is 15.4. The van der Waals surface area contributed by atoms with Crippen LogP contribution in [0.2, 0.25) is 0 Å². The number of imide groups is 2. The fourth-order valence-corrected chi connectivity index (χ4v) is 9.70. The van der Waals surface area contributed by atoms with Gasteiger partial charge in [0.15, 0.2) is 5.78 Å². The standard InChI is InChI=1S/C45H37N3O6/c1-25-12-17-30(18-13-25)46-48-42(52)37-24-36-33(22-23-34-38(36)43(53)47(41(34)51)31-19-14-27(15-20-31)26(2)49)39(45(37,44(48)54)29-9-4-3-5-10-29)35-21-16-28-8-6-7-11-32(28)40(35)50/h3-22,34,36-39,46,50H,23-24H2,1-2H3/t34-,36+,37-,38-,39+,45+/m0/s1. The lowest BCUT2D eigenvalue weighted by Gasteiger charge is -2.50. The van der Waals surface area contributed by atoms with Crippen molar-refractivity contribution in [2.75, 3.05) is 10.3 Å². The van der Waals surface area contributed by atoms with Crippen molar-refractivity contribution < 1.29 is 29.1 Å². The van der Waals surface area contributed by atoms with Crippen LogP contribution in [-0.4, -0.2) is 39.5 Å². The molecule has 9 rings (SSSR count). The number of nitrogens with zero attached hydrogens (tertiary/aromatic N) is 2. The number of aryl methyl sites for hydroxylation is 1. The van der Waals surface area contributed by atoms with Gasteiger partial charge in [0.05, 0.1) is 34.5 Å². The highest BCUT2D eigenvalue weighted by atomic mass is 16.3. The summed E-state index contributed by atoms with van der Waals surface area (Å²) in [4.78, 5) is 72.3. The van der Waals surface area contributed by atoms with Crippen LogP contribution in [0.25, 0.3) is 10.8 Å². The number of hydrogen-bond donors (Lipinski definition) is 2. The van der Waals surface area contributed by atoms with E-state index in [9.17, 15) is 24.3 Å². The van der Waals surface area contributed by atoms with Crippen molar-refractivity contribution in [3.8, 4) is 5.75 Å². The van der Waals surface area contributed by atoms with Crippen LogP contribution >= 0.6 is 0 Å². The molecule has 2 aliphatic heterocycles. The van der Waals surface area contributed by atoms with Gasteiger partial charge in [0.2, 0.25) is 11.8 Å². The van der Waals surface area contributed by atoms with E-state index in [2.05, 4.69) is 5.43 Å². The average molecular weight is 716 g/mol. The van der Waals surface area contributed by atoms with Crippen molar-refractivity contribution >= 4 is 51.6 Å². The minimum atomic E-state index is -1.50. The number of amides is 4. The number of Topliss-reactive ketones (excluding diaryl/α,β-unsaturated/α-hetero) is 1. The number of rotatable bonds is 6. The van der Waals surface area contributed by atoms with E-state index in [0.717, 1.165) is 21.5 Å². The molecule has 3 fully saturated rings. The van der Waals surface area contributed by atoms with E-state index < -0.39 is 46.8 Å². The molecule has 9 heteroatoms. The van der Waals surface area contributed by atoms with E-state index in [1.165, 1.54) is 11.8 Å². The van der Waals surface area contributed by atoms with Crippen LogP contribution in [0.4, 0.5) is 11.4 Å². The fourth-order valence-electron chi connectivity index (χ4n) is 9.70. The maximum atomic E-state index is 15.4. The van der Waals surface area contributed by atoms with Gasteiger partial charge in [-0.1, -0.05) is 96.1 Å². The second kappa shape index (κ2) is 12.4. The molecule has 0 bridgehead atoms. The Bertz CT molecular complexity index is 2440. The van der Waals surface area contributed by atoms with Crippen LogP contribution < -0.4 is 10.3 Å². The normalized spacial score (nSPS) is 26.0. The summed E-state index contributed by atoms with van der Waals surface area (Å²) in [6.07, 6.45) is 2.36. The van der Waals surface area contributed by atoms with E-state index >= 15 is 4.79 Å². The van der Waals surface area contributed by atoms with Gasteiger partial charge in [0.25, 0.3) is 11.8 Å². The molecule has 6 atom stereocenters. The van der Waals surface area contributed by atoms with E-state index in [0.29, 0.717) is 33.5 Å². The number of allylic oxidation sites excluding steroid dienone is 2. The van der Waals surface area contributed by atoms with Crippen molar-refractivity contribution in [1.82, 2.24) is 5.01 Å². The Balaban J connectivity index is 1.24. The number of ketones is 1. The molecule has 1 saturated carbocycles. The lowest BCUT2D eigenvalue weighted by Crippen LogP contribution is -2.53. The summed E-state index contributed by atoms with van der Waals surface area (Å²) >= 11 is 0. The highest BCUT2D eigenvalue weighted by Crippen LogP contribution is 2.65. The van der Waals surface area contributed by atoms with Crippen LogP contribution in [0.15, 0.2) is 127 Å². The van der Waals surface area contributed by atoms with Crippen molar-refractivity contribution in [2.45, 2.75) is 38.0 Å². The fraction of sp³-hybridized carbons (Fsp3) is 0.222. The molecule has 2 saturated heterocycles. The van der Waals surface area contributed by atoms with Crippen LogP contribution in [0.5, 0.6) is 5.75 Å². The average Bonchev–Trinajstić information content (AvgIpc) is 3.57. The number of fused-ring (bicyclic) bond motifs is 5. The molecule has 9 nitrogen and oxygen atoms in total. The molecule has 0 unspecified atom stereocenters. The highest BCUT2D eigenvalue weighted by Gasteiger charge is 2.70. The maximum Gasteiger partial charge on any atom is 0.260 e. The Hall–Kier alpha value is -6.35. The van der Waals surface area contributed by atoms with Crippen molar-refractivity contribution in [2.24, 2.45) is 23.7 Å². The van der Waals surface area contributed by atoms with Gasteiger partial charge >= 0.3 is 0 Å². The van der Waals surface area contributed by atoms with E-state index in [1.54, 1.807) is 24.3 Å². The number of carbonyl (C=O) groups excluding carboxylic acids is 5. The smallest absolute Gasteiger partial charge is 0.260 e. The second-order valence-corrected chi connectivity index (χ2v) is 14.9. The Morgan fingerprint density at radius 2 is 1.48 bits per heavy atom. The van der Waals surface area contributed by atoms with Gasteiger partial charge in [0.1, 0.15) is 5.75 Å². The number of carbonyl (C=O) groups is 5. The molecule has 54 heavy (non-hydrogen) atoms. The molecule has 4 aliphatic rings. The molecule has 0 radical (unpaired) electrons. The third-order valence-corrected chi connectivity index (χ3v) is 12.2. The van der Waals surface area contributed by atoms with Gasteiger partial charge in [-0.3, -0.25) is 34.3 Å². The van der Waals surface area contributed by atoms with Crippen LogP contribution in [0, 0.1) is 30.6 Å². The topological polar surface area (TPSA) is 124 Å². The number of aromatic hydroxyl groups is 1. The molecule has 0 aromatic heterocycles. The third kappa shape index (κ3) is 4.73. The quantitative estimate of drug-likeness (QED) is 0.108. The van der Waals surface area contributed by atoms with E-state index in [4.69, 9.17) is 0 Å². The largest absolute Gasteiger partial charge is 0.507 e. The summed E-state index contributed by atoms with van der Waals surface area (Å²) in [5.74, 6) is -5.61. The lowest BCUT2D eigenvalue weighted by atomic mass is 9.49. The van der Waals surface area contributed by atoms with Crippen molar-refractivity contribution in [3.63, 3.8) is 0 Å². The Kier molecular flexibility index (Phi) is 7.67. The van der Waals surface area contributed by atoms with Gasteiger partial charge in [-0.05, 0) is 80.0 Å². The summed E-state index contributed by atoms with van der Waals surface area (Å²) < 4.78 is 0. The van der Waals surface area contributed by atoms with Gasteiger partial charge in [-0.15, -0.1) is 0 Å². The number of phenolic OH excluding ortho intramolecular Hbond substituents is 1. The van der Waals surface area contributed by atoms with Gasteiger partial charge in [0, 0.05) is 22.4 Å². The summed E-state index contributed by atoms with van der Waals surface area (Å²) in [5, 5.41) is 14.7. The molecule has 0 spiro atoms. The Morgan fingerprint density at radius 1 is 0.778 bits per heavy atom. The first-order chi connectivity index (χ1) is 26.1. The zero-order valence-corrected chi connectivity index (χ0v) is 29.7. The number of nitrogens with one attached hydrogen (secondary N) is 1. The monoisotopic (exact) mass is 715 g/mol. The minimum absolute atomic E-state index is 0.00188. The number of hydrazine groups is 1. The number of phenols is 1. The predicted molar refractivity (Wildman–Crippen MR) is 203 cm³/mol. The van der Waals surface area contributed by atoms with Gasteiger partial charge in [-0.2, -0.15) is 5.01 Å². The zero-order valence-electron chi connectivity index (χ0n) is 29.7. The second-order valence-electron chi connectivity index (χ2n) is 14.9. The molecule has 2 heterocycles. The summed E-state index contributed by atoms with van der Waals surface area (Å²) in [5.41, 5.74) is 5.91. The first kappa shape index (κ1) is 33.5. The summed E-state index contributed by atoms with van der Waals surface area (Å²) in [7, 11) is 0. The lowest BCUT2D eigenvalue weighted by molar-refractivity contribution is -0.138. The molecule has 2 N–H and O–H groups in total. The van der Waals surface area contributed by atoms with Crippen LogP contribution in [0.1, 0.15) is 52.7 Å². The van der Waals surface area contributed by atoms with E-state index in [-0.39, 0.29) is 36.2 Å². The highest BCUT2D eigenvalue weighted by molar-refractivity contribution is 6.23. The molecule has 268 valence electrons. The zero-order chi connectivity index (χ0) is 37.5. The molecule has 2 aliphatic carbocycles. The molecule has 5 aromatic carbocycles. The minimum Gasteiger partial charge on any atom is -0.507 e. The molecular formula is C45H37N3O6. The Morgan fingerprint density at radius 3 is 2.20 bits per heavy atom. The van der Waals surface area contributed by atoms with Crippen LogP contribution in [0.3, 0.4) is 0 Å². The first-order valence-electron chi connectivity index (χ1n) is 18.3. The van der Waals surface area contributed by atoms with Crippen LogP contribution in [-0.2, 0) is 24.6 Å².